The van der Waals surface area contributed by atoms with Crippen LogP contribution in [-0.2, 0) is 17.5 Å². The maximum absolute atomic E-state index is 13.1. The van der Waals surface area contributed by atoms with Crippen molar-refractivity contribution in [2.75, 3.05) is 0 Å². The van der Waals surface area contributed by atoms with Crippen molar-refractivity contribution in [1.82, 2.24) is 10.6 Å². The third-order valence-electron chi connectivity index (χ3n) is 4.18. The molecule has 2 aromatic carbocycles. The molecule has 0 fully saturated rings. The molecule has 1 heterocycles. The van der Waals surface area contributed by atoms with E-state index in [9.17, 15) is 22.8 Å². The zero-order valence-electron chi connectivity index (χ0n) is 15.1. The summed E-state index contributed by atoms with van der Waals surface area (Å²) in [5.41, 5.74) is -0.474. The van der Waals surface area contributed by atoms with Gasteiger partial charge in [-0.25, -0.2) is 0 Å². The van der Waals surface area contributed by atoms with Gasteiger partial charge in [-0.05, 0) is 35.2 Å². The second-order valence-corrected chi connectivity index (χ2v) is 7.14. The molecule has 0 saturated heterocycles. The standard InChI is InChI=1S/C21H17F3N2O2S/c22-21(23,24)16-10-5-4-9-15(16)13-25-20(28)18(17-11-6-12-29-17)26-19(27)14-7-2-1-3-8-14/h1-12,18H,13H2,(H,25,28)(H,26,27). The van der Waals surface area contributed by atoms with Gasteiger partial charge < -0.3 is 10.6 Å². The van der Waals surface area contributed by atoms with Gasteiger partial charge in [0, 0.05) is 17.0 Å². The van der Waals surface area contributed by atoms with Crippen molar-refractivity contribution in [3.05, 3.63) is 93.7 Å². The molecule has 1 unspecified atom stereocenters. The van der Waals surface area contributed by atoms with Crippen molar-refractivity contribution in [1.29, 1.82) is 0 Å². The molecule has 2 amide bonds. The molecule has 1 aromatic heterocycles. The Labute approximate surface area is 169 Å². The van der Waals surface area contributed by atoms with Crippen LogP contribution in [0.25, 0.3) is 0 Å². The summed E-state index contributed by atoms with van der Waals surface area (Å²) in [5.74, 6) is -1.04. The van der Waals surface area contributed by atoms with Gasteiger partial charge >= 0.3 is 6.18 Å². The summed E-state index contributed by atoms with van der Waals surface area (Å²) < 4.78 is 39.4. The Balaban J connectivity index is 1.76. The van der Waals surface area contributed by atoms with Crippen LogP contribution in [0.4, 0.5) is 13.2 Å². The second-order valence-electron chi connectivity index (χ2n) is 6.16. The average molecular weight is 418 g/mol. The summed E-state index contributed by atoms with van der Waals surface area (Å²) in [4.78, 5) is 25.8. The molecule has 4 nitrogen and oxygen atoms in total. The van der Waals surface area contributed by atoms with Crippen LogP contribution in [0.3, 0.4) is 0 Å². The number of hydrogen-bond donors (Lipinski definition) is 2. The summed E-state index contributed by atoms with van der Waals surface area (Å²) >= 11 is 1.27. The third kappa shape index (κ3) is 5.23. The van der Waals surface area contributed by atoms with E-state index in [0.717, 1.165) is 6.07 Å². The van der Waals surface area contributed by atoms with E-state index in [0.29, 0.717) is 10.4 Å². The molecule has 0 bridgehead atoms. The molecule has 0 aliphatic heterocycles. The van der Waals surface area contributed by atoms with Gasteiger partial charge in [0.25, 0.3) is 5.91 Å². The van der Waals surface area contributed by atoms with Crippen LogP contribution in [0.2, 0.25) is 0 Å². The van der Waals surface area contributed by atoms with Gasteiger partial charge in [0.1, 0.15) is 6.04 Å². The highest BCUT2D eigenvalue weighted by Crippen LogP contribution is 2.31. The fourth-order valence-corrected chi connectivity index (χ4v) is 3.53. The predicted octanol–water partition coefficient (Wildman–Crippen LogP) is 4.55. The first-order chi connectivity index (χ1) is 13.9. The van der Waals surface area contributed by atoms with Crippen molar-refractivity contribution >= 4 is 23.2 Å². The molecule has 1 atom stereocenters. The number of halogens is 3. The first-order valence-corrected chi connectivity index (χ1v) is 9.56. The van der Waals surface area contributed by atoms with Crippen molar-refractivity contribution in [2.24, 2.45) is 0 Å². The number of amides is 2. The van der Waals surface area contributed by atoms with Gasteiger partial charge in [-0.15, -0.1) is 11.3 Å². The van der Waals surface area contributed by atoms with E-state index in [1.54, 1.807) is 47.8 Å². The van der Waals surface area contributed by atoms with Crippen molar-refractivity contribution in [3.63, 3.8) is 0 Å². The normalized spacial score (nSPS) is 12.2. The number of benzene rings is 2. The van der Waals surface area contributed by atoms with Gasteiger partial charge in [-0.3, -0.25) is 9.59 Å². The van der Waals surface area contributed by atoms with Crippen molar-refractivity contribution in [3.8, 4) is 0 Å². The minimum absolute atomic E-state index is 0.0485. The molecule has 2 N–H and O–H groups in total. The van der Waals surface area contributed by atoms with Crippen molar-refractivity contribution in [2.45, 2.75) is 18.8 Å². The summed E-state index contributed by atoms with van der Waals surface area (Å²) in [6, 6.07) is 15.8. The number of hydrogen-bond acceptors (Lipinski definition) is 3. The minimum atomic E-state index is -4.52. The summed E-state index contributed by atoms with van der Waals surface area (Å²) in [6.45, 7) is -0.308. The number of rotatable bonds is 6. The highest BCUT2D eigenvalue weighted by molar-refractivity contribution is 7.10. The largest absolute Gasteiger partial charge is 0.416 e. The van der Waals surface area contributed by atoms with E-state index in [1.807, 2.05) is 0 Å². The fourth-order valence-electron chi connectivity index (χ4n) is 2.76. The van der Waals surface area contributed by atoms with Gasteiger partial charge in [0.2, 0.25) is 5.91 Å². The molecule has 29 heavy (non-hydrogen) atoms. The molecule has 0 saturated carbocycles. The maximum Gasteiger partial charge on any atom is 0.416 e. The van der Waals surface area contributed by atoms with E-state index in [1.165, 1.54) is 29.5 Å². The van der Waals surface area contributed by atoms with Crippen LogP contribution in [0.15, 0.2) is 72.1 Å². The summed E-state index contributed by atoms with van der Waals surface area (Å²) in [6.07, 6.45) is -4.52. The van der Waals surface area contributed by atoms with Crippen LogP contribution >= 0.6 is 11.3 Å². The van der Waals surface area contributed by atoms with Gasteiger partial charge in [-0.2, -0.15) is 13.2 Å². The highest BCUT2D eigenvalue weighted by atomic mass is 32.1. The average Bonchev–Trinajstić information content (AvgIpc) is 3.24. The monoisotopic (exact) mass is 418 g/mol. The lowest BCUT2D eigenvalue weighted by molar-refractivity contribution is -0.138. The van der Waals surface area contributed by atoms with E-state index in [-0.39, 0.29) is 12.1 Å². The maximum atomic E-state index is 13.1. The van der Waals surface area contributed by atoms with Crippen LogP contribution < -0.4 is 10.6 Å². The highest BCUT2D eigenvalue weighted by Gasteiger charge is 2.33. The number of thiophene rings is 1. The Bertz CT molecular complexity index is 973. The molecule has 0 aliphatic rings. The molecule has 150 valence electrons. The summed E-state index contributed by atoms with van der Waals surface area (Å²) in [5, 5.41) is 6.92. The van der Waals surface area contributed by atoms with Gasteiger partial charge in [-0.1, -0.05) is 42.5 Å². The molecular formula is C21H17F3N2O2S. The van der Waals surface area contributed by atoms with Crippen molar-refractivity contribution < 1.29 is 22.8 Å². The van der Waals surface area contributed by atoms with Crippen LogP contribution in [-0.4, -0.2) is 11.8 Å². The van der Waals surface area contributed by atoms with E-state index in [4.69, 9.17) is 0 Å². The first kappa shape index (κ1) is 20.6. The summed E-state index contributed by atoms with van der Waals surface area (Å²) in [7, 11) is 0. The van der Waals surface area contributed by atoms with Crippen LogP contribution in [0, 0.1) is 0 Å². The fraction of sp³-hybridized carbons (Fsp3) is 0.143. The molecule has 0 spiro atoms. The van der Waals surface area contributed by atoms with E-state index < -0.39 is 29.6 Å². The van der Waals surface area contributed by atoms with Gasteiger partial charge in [0.05, 0.1) is 5.56 Å². The Hall–Kier alpha value is -3.13. The molecule has 0 radical (unpaired) electrons. The number of alkyl halides is 3. The second kappa shape index (κ2) is 8.91. The Kier molecular flexibility index (Phi) is 6.33. The quantitative estimate of drug-likeness (QED) is 0.617. The topological polar surface area (TPSA) is 58.2 Å². The van der Waals surface area contributed by atoms with Crippen LogP contribution in [0.5, 0.6) is 0 Å². The number of carbonyl (C=O) groups excluding carboxylic acids is 2. The predicted molar refractivity (Wildman–Crippen MR) is 104 cm³/mol. The van der Waals surface area contributed by atoms with E-state index >= 15 is 0 Å². The molecule has 3 aromatic rings. The zero-order valence-corrected chi connectivity index (χ0v) is 15.9. The zero-order chi connectivity index (χ0) is 20.9. The smallest absolute Gasteiger partial charge is 0.350 e. The number of carbonyl (C=O) groups is 2. The Morgan fingerprint density at radius 3 is 2.28 bits per heavy atom. The molecular weight excluding hydrogens is 401 g/mol. The third-order valence-corrected chi connectivity index (χ3v) is 5.11. The SMILES string of the molecule is O=C(NC(C(=O)NCc1ccccc1C(F)(F)F)c1cccs1)c1ccccc1. The molecule has 3 rings (SSSR count). The lowest BCUT2D eigenvalue weighted by Gasteiger charge is -2.19. The van der Waals surface area contributed by atoms with E-state index in [2.05, 4.69) is 10.6 Å². The Morgan fingerprint density at radius 2 is 1.62 bits per heavy atom. The van der Waals surface area contributed by atoms with Gasteiger partial charge in [0.15, 0.2) is 0 Å². The molecule has 8 heteroatoms. The lowest BCUT2D eigenvalue weighted by Crippen LogP contribution is -2.40. The first-order valence-electron chi connectivity index (χ1n) is 8.68. The molecule has 0 aliphatic carbocycles. The number of nitrogens with one attached hydrogen (secondary N) is 2. The van der Waals surface area contributed by atoms with Crippen LogP contribution in [0.1, 0.15) is 32.4 Å². The minimum Gasteiger partial charge on any atom is -0.350 e. The lowest BCUT2D eigenvalue weighted by atomic mass is 10.1. The Morgan fingerprint density at radius 1 is 0.931 bits per heavy atom.